The van der Waals surface area contributed by atoms with Crippen LogP contribution in [-0.4, -0.2) is 53.9 Å². The van der Waals surface area contributed by atoms with Crippen LogP contribution in [0.4, 0.5) is 0 Å². The van der Waals surface area contributed by atoms with E-state index >= 15 is 0 Å². The van der Waals surface area contributed by atoms with Crippen LogP contribution < -0.4 is 5.32 Å². The van der Waals surface area contributed by atoms with Crippen molar-refractivity contribution in [3.05, 3.63) is 59.9 Å². The largest absolute Gasteiger partial charge is 0.363 e. The standard InChI is InChI=1S/C18H24N4O/c1-21(14-15-6-3-2-4-7-15)17(16-8-5-9-20-16)18(23)22-12-10-19-11-13-22/h2-9,17,19-20H,10-14H2,1H3. The zero-order valence-electron chi connectivity index (χ0n) is 13.5. The van der Waals surface area contributed by atoms with E-state index in [9.17, 15) is 4.79 Å². The topological polar surface area (TPSA) is 51.4 Å². The minimum atomic E-state index is -0.275. The Morgan fingerprint density at radius 2 is 1.91 bits per heavy atom. The molecule has 1 saturated heterocycles. The van der Waals surface area contributed by atoms with Gasteiger partial charge in [-0.2, -0.15) is 0 Å². The van der Waals surface area contributed by atoms with Crippen LogP contribution in [0.1, 0.15) is 17.3 Å². The predicted octanol–water partition coefficient (Wildman–Crippen LogP) is 1.62. The molecule has 23 heavy (non-hydrogen) atoms. The maximum Gasteiger partial charge on any atom is 0.246 e. The van der Waals surface area contributed by atoms with E-state index < -0.39 is 0 Å². The van der Waals surface area contributed by atoms with Gasteiger partial charge in [-0.15, -0.1) is 0 Å². The van der Waals surface area contributed by atoms with Crippen LogP contribution in [0.5, 0.6) is 0 Å². The highest BCUT2D eigenvalue weighted by Gasteiger charge is 2.30. The fourth-order valence-corrected chi connectivity index (χ4v) is 3.09. The second-order valence-corrected chi connectivity index (χ2v) is 6.00. The summed E-state index contributed by atoms with van der Waals surface area (Å²) >= 11 is 0. The maximum atomic E-state index is 13.1. The van der Waals surface area contributed by atoms with Crippen molar-refractivity contribution in [1.82, 2.24) is 20.1 Å². The monoisotopic (exact) mass is 312 g/mol. The number of H-pyrrole nitrogens is 1. The fourth-order valence-electron chi connectivity index (χ4n) is 3.09. The average molecular weight is 312 g/mol. The molecule has 1 aliphatic rings. The Balaban J connectivity index is 1.79. The van der Waals surface area contributed by atoms with E-state index in [0.717, 1.165) is 38.4 Å². The molecule has 1 aromatic heterocycles. The molecule has 1 aromatic carbocycles. The number of benzene rings is 1. The number of nitrogens with zero attached hydrogens (tertiary/aromatic N) is 2. The highest BCUT2D eigenvalue weighted by Crippen LogP contribution is 2.23. The average Bonchev–Trinajstić information content (AvgIpc) is 3.11. The molecular weight excluding hydrogens is 288 g/mol. The van der Waals surface area contributed by atoms with Crippen molar-refractivity contribution in [3.8, 4) is 0 Å². The molecule has 2 aromatic rings. The molecule has 0 radical (unpaired) electrons. The summed E-state index contributed by atoms with van der Waals surface area (Å²) in [7, 11) is 2.01. The summed E-state index contributed by atoms with van der Waals surface area (Å²) in [4.78, 5) is 20.4. The summed E-state index contributed by atoms with van der Waals surface area (Å²) in [6, 6.07) is 13.9. The third-order valence-electron chi connectivity index (χ3n) is 4.29. The molecule has 3 rings (SSSR count). The Bertz CT molecular complexity index is 605. The normalized spacial score (nSPS) is 16.5. The first kappa shape index (κ1) is 15.8. The van der Waals surface area contributed by atoms with Gasteiger partial charge in [0.15, 0.2) is 0 Å². The molecule has 5 nitrogen and oxygen atoms in total. The molecule has 1 amide bonds. The number of likely N-dealkylation sites (N-methyl/N-ethyl adjacent to an activating group) is 1. The number of carbonyl (C=O) groups is 1. The minimum Gasteiger partial charge on any atom is -0.363 e. The lowest BCUT2D eigenvalue weighted by Gasteiger charge is -2.34. The van der Waals surface area contributed by atoms with E-state index in [4.69, 9.17) is 0 Å². The summed E-state index contributed by atoms with van der Waals surface area (Å²) in [6.45, 7) is 4.02. The number of piperazine rings is 1. The van der Waals surface area contributed by atoms with Gasteiger partial charge in [-0.05, 0) is 24.7 Å². The molecule has 0 saturated carbocycles. The van der Waals surface area contributed by atoms with E-state index in [1.165, 1.54) is 5.56 Å². The van der Waals surface area contributed by atoms with Gasteiger partial charge in [0.25, 0.3) is 0 Å². The van der Waals surface area contributed by atoms with Gasteiger partial charge in [-0.3, -0.25) is 9.69 Å². The SMILES string of the molecule is CN(Cc1ccccc1)C(C(=O)N1CCNCC1)c1ccc[nH]1. The number of carbonyl (C=O) groups excluding carboxylic acids is 1. The number of rotatable bonds is 5. The minimum absolute atomic E-state index is 0.174. The van der Waals surface area contributed by atoms with Gasteiger partial charge in [0, 0.05) is 44.6 Å². The molecule has 0 spiro atoms. The van der Waals surface area contributed by atoms with Crippen molar-refractivity contribution in [2.75, 3.05) is 33.2 Å². The predicted molar refractivity (Wildman–Crippen MR) is 90.9 cm³/mol. The molecule has 1 unspecified atom stereocenters. The van der Waals surface area contributed by atoms with Crippen LogP contribution in [0, 0.1) is 0 Å². The van der Waals surface area contributed by atoms with Gasteiger partial charge < -0.3 is 15.2 Å². The molecule has 2 N–H and O–H groups in total. The lowest BCUT2D eigenvalue weighted by atomic mass is 10.1. The Morgan fingerprint density at radius 1 is 1.17 bits per heavy atom. The molecule has 5 heteroatoms. The first-order chi connectivity index (χ1) is 11.3. The number of hydrogen-bond donors (Lipinski definition) is 2. The van der Waals surface area contributed by atoms with Crippen molar-refractivity contribution in [1.29, 1.82) is 0 Å². The zero-order valence-corrected chi connectivity index (χ0v) is 13.5. The molecule has 1 atom stereocenters. The van der Waals surface area contributed by atoms with E-state index in [1.54, 1.807) is 0 Å². The van der Waals surface area contributed by atoms with Crippen molar-refractivity contribution in [3.63, 3.8) is 0 Å². The Kier molecular flexibility index (Phi) is 5.10. The van der Waals surface area contributed by atoms with Gasteiger partial charge in [0.1, 0.15) is 6.04 Å². The van der Waals surface area contributed by atoms with Crippen molar-refractivity contribution in [2.45, 2.75) is 12.6 Å². The second kappa shape index (κ2) is 7.44. The van der Waals surface area contributed by atoms with Crippen molar-refractivity contribution >= 4 is 5.91 Å². The number of amides is 1. The summed E-state index contributed by atoms with van der Waals surface area (Å²) in [5.41, 5.74) is 2.16. The third-order valence-corrected chi connectivity index (χ3v) is 4.29. The van der Waals surface area contributed by atoms with Gasteiger partial charge >= 0.3 is 0 Å². The Labute approximate surface area is 137 Å². The van der Waals surface area contributed by atoms with Crippen LogP contribution in [-0.2, 0) is 11.3 Å². The molecule has 2 heterocycles. The van der Waals surface area contributed by atoms with Crippen LogP contribution in [0.15, 0.2) is 48.7 Å². The summed E-state index contributed by atoms with van der Waals surface area (Å²) in [6.07, 6.45) is 1.88. The Hall–Kier alpha value is -2.11. The summed E-state index contributed by atoms with van der Waals surface area (Å²) < 4.78 is 0. The zero-order chi connectivity index (χ0) is 16.1. The van der Waals surface area contributed by atoms with Gasteiger partial charge in [0.2, 0.25) is 5.91 Å². The van der Waals surface area contributed by atoms with Crippen molar-refractivity contribution < 1.29 is 4.79 Å². The van der Waals surface area contributed by atoms with Crippen LogP contribution in [0.25, 0.3) is 0 Å². The first-order valence-corrected chi connectivity index (χ1v) is 8.12. The van der Waals surface area contributed by atoms with Crippen LogP contribution in [0.2, 0.25) is 0 Å². The molecule has 0 aliphatic carbocycles. The summed E-state index contributed by atoms with van der Waals surface area (Å²) in [5, 5.41) is 3.30. The van der Waals surface area contributed by atoms with E-state index in [0.29, 0.717) is 0 Å². The van der Waals surface area contributed by atoms with E-state index in [1.807, 2.05) is 48.5 Å². The van der Waals surface area contributed by atoms with Gasteiger partial charge in [0.05, 0.1) is 0 Å². The van der Waals surface area contributed by atoms with E-state index in [-0.39, 0.29) is 11.9 Å². The molecule has 122 valence electrons. The first-order valence-electron chi connectivity index (χ1n) is 8.12. The molecule has 0 bridgehead atoms. The molecule has 1 fully saturated rings. The maximum absolute atomic E-state index is 13.1. The number of aromatic amines is 1. The number of hydrogen-bond acceptors (Lipinski definition) is 3. The smallest absolute Gasteiger partial charge is 0.246 e. The van der Waals surface area contributed by atoms with Gasteiger partial charge in [-0.25, -0.2) is 0 Å². The molecular formula is C18H24N4O. The second-order valence-electron chi connectivity index (χ2n) is 6.00. The van der Waals surface area contributed by atoms with Gasteiger partial charge in [-0.1, -0.05) is 30.3 Å². The van der Waals surface area contributed by atoms with Crippen LogP contribution in [0.3, 0.4) is 0 Å². The quantitative estimate of drug-likeness (QED) is 0.882. The van der Waals surface area contributed by atoms with Crippen molar-refractivity contribution in [2.24, 2.45) is 0 Å². The lowest BCUT2D eigenvalue weighted by Crippen LogP contribution is -2.50. The fraction of sp³-hybridized carbons (Fsp3) is 0.389. The number of aromatic nitrogens is 1. The van der Waals surface area contributed by atoms with E-state index in [2.05, 4.69) is 27.3 Å². The number of nitrogens with one attached hydrogen (secondary N) is 2. The van der Waals surface area contributed by atoms with Crippen LogP contribution >= 0.6 is 0 Å². The highest BCUT2D eigenvalue weighted by atomic mass is 16.2. The molecule has 1 aliphatic heterocycles. The third kappa shape index (κ3) is 3.81. The lowest BCUT2D eigenvalue weighted by molar-refractivity contribution is -0.137. The summed E-state index contributed by atoms with van der Waals surface area (Å²) in [5.74, 6) is 0.174. The Morgan fingerprint density at radius 3 is 2.57 bits per heavy atom. The highest BCUT2D eigenvalue weighted by molar-refractivity contribution is 5.83.